The lowest BCUT2D eigenvalue weighted by Gasteiger charge is -2.34. The highest BCUT2D eigenvalue weighted by molar-refractivity contribution is 7.66. The van der Waals surface area contributed by atoms with Crippen LogP contribution < -0.4 is 10.5 Å². The van der Waals surface area contributed by atoms with E-state index in [1.165, 1.54) is 17.8 Å². The van der Waals surface area contributed by atoms with Crippen molar-refractivity contribution in [3.8, 4) is 5.88 Å². The van der Waals surface area contributed by atoms with Crippen LogP contribution in [0.25, 0.3) is 11.2 Å². The average molecular weight is 577 g/mol. The van der Waals surface area contributed by atoms with E-state index in [9.17, 15) is 28.6 Å². The van der Waals surface area contributed by atoms with Crippen LogP contribution in [-0.2, 0) is 36.3 Å². The molecule has 0 amide bonds. The molecular weight excluding hydrogens is 555 g/mol. The molecular formula is C14H22N5O14P3. The van der Waals surface area contributed by atoms with Gasteiger partial charge in [0.05, 0.1) is 26.1 Å². The number of phosphoric ester groups is 1. The monoisotopic (exact) mass is 577 g/mol. The molecule has 0 saturated carbocycles. The van der Waals surface area contributed by atoms with Gasteiger partial charge in [0, 0.05) is 0 Å². The Labute approximate surface area is 201 Å². The fourth-order valence-corrected chi connectivity index (χ4v) is 6.98. The molecule has 2 fully saturated rings. The van der Waals surface area contributed by atoms with Crippen LogP contribution in [0.4, 0.5) is 5.95 Å². The van der Waals surface area contributed by atoms with Crippen molar-refractivity contribution in [2.24, 2.45) is 0 Å². The summed E-state index contributed by atoms with van der Waals surface area (Å²) in [5.41, 5.74) is 2.92. The summed E-state index contributed by atoms with van der Waals surface area (Å²) in [6.45, 7) is 2.22. The van der Waals surface area contributed by atoms with Crippen molar-refractivity contribution in [1.82, 2.24) is 19.5 Å². The lowest BCUT2D eigenvalue weighted by Crippen LogP contribution is -2.45. The molecule has 19 nitrogen and oxygen atoms in total. The van der Waals surface area contributed by atoms with Gasteiger partial charge in [-0.2, -0.15) is 18.6 Å². The molecule has 0 spiro atoms. The smallest absolute Gasteiger partial charge is 0.476 e. The first-order valence-electron chi connectivity index (χ1n) is 9.92. The molecule has 2 aromatic rings. The van der Waals surface area contributed by atoms with Crippen LogP contribution in [0.1, 0.15) is 20.1 Å². The molecule has 2 aliphatic rings. The number of rotatable bonds is 10. The van der Waals surface area contributed by atoms with Gasteiger partial charge in [0.15, 0.2) is 17.4 Å². The van der Waals surface area contributed by atoms with Crippen LogP contribution in [0.5, 0.6) is 5.88 Å². The standard InChI is InChI=1S/C14H22N5O14P3/c1-3-28-9-7-8(17-12(15)18-9)19(6-16-7)11-13(2)10(20)14(31-11,4-29-13)5-30-35(24,25)33-36(26,27)32-34(21,22)23/h6,10-11,20H,3-5H2,1-2H3,(H,24,25)(H,26,27)(H2,15,17,18)(H2,21,22,23). The van der Waals surface area contributed by atoms with Gasteiger partial charge in [0.2, 0.25) is 11.8 Å². The van der Waals surface area contributed by atoms with Crippen molar-refractivity contribution in [1.29, 1.82) is 0 Å². The molecule has 6 unspecified atom stereocenters. The van der Waals surface area contributed by atoms with Gasteiger partial charge in [0.25, 0.3) is 0 Å². The fraction of sp³-hybridized carbons (Fsp3) is 0.643. The molecule has 2 aromatic heterocycles. The molecule has 4 heterocycles. The van der Waals surface area contributed by atoms with Gasteiger partial charge in [-0.15, -0.1) is 0 Å². The molecule has 2 aliphatic heterocycles. The van der Waals surface area contributed by atoms with E-state index < -0.39 is 53.6 Å². The lowest BCUT2D eigenvalue weighted by molar-refractivity contribution is -0.210. The topological polar surface area (TPSA) is 277 Å². The summed E-state index contributed by atoms with van der Waals surface area (Å²) in [6.07, 6.45) is -1.30. The summed E-state index contributed by atoms with van der Waals surface area (Å²) in [5.74, 6) is -0.0271. The van der Waals surface area contributed by atoms with Crippen LogP contribution in [0, 0.1) is 0 Å². The zero-order chi connectivity index (χ0) is 26.7. The number of phosphoric acid groups is 3. The third kappa shape index (κ3) is 5.08. The zero-order valence-electron chi connectivity index (χ0n) is 18.5. The average Bonchev–Trinajstić information content (AvgIpc) is 3.30. The van der Waals surface area contributed by atoms with Crippen molar-refractivity contribution < 1.29 is 65.7 Å². The quantitative estimate of drug-likeness (QED) is 0.195. The highest BCUT2D eigenvalue weighted by atomic mass is 31.3. The predicted octanol–water partition coefficient (Wildman–Crippen LogP) is -0.432. The summed E-state index contributed by atoms with van der Waals surface area (Å²) in [6, 6.07) is 0. The summed E-state index contributed by atoms with van der Waals surface area (Å²) in [4.78, 5) is 48.7. The number of anilines is 1. The Morgan fingerprint density at radius 1 is 1.19 bits per heavy atom. The molecule has 7 N–H and O–H groups in total. The minimum absolute atomic E-state index is 0.107. The van der Waals surface area contributed by atoms with Crippen molar-refractivity contribution in [3.05, 3.63) is 6.33 Å². The zero-order valence-corrected chi connectivity index (χ0v) is 21.2. The van der Waals surface area contributed by atoms with Crippen LogP contribution in [0.2, 0.25) is 0 Å². The molecule has 0 aliphatic carbocycles. The second-order valence-corrected chi connectivity index (χ2v) is 12.3. The van der Waals surface area contributed by atoms with Gasteiger partial charge in [0.1, 0.15) is 17.3 Å². The van der Waals surface area contributed by atoms with Crippen LogP contribution in [0.15, 0.2) is 6.33 Å². The number of nitrogens with zero attached hydrogens (tertiary/aromatic N) is 4. The fourth-order valence-electron chi connectivity index (χ4n) is 3.90. The number of nitrogen functional groups attached to an aromatic ring is 1. The maximum atomic E-state index is 12.2. The van der Waals surface area contributed by atoms with E-state index in [1.54, 1.807) is 6.92 Å². The number of hydrogen-bond acceptors (Lipinski definition) is 14. The molecule has 202 valence electrons. The Kier molecular flexibility index (Phi) is 6.89. The normalized spacial score (nSPS) is 31.4. The molecule has 2 saturated heterocycles. The van der Waals surface area contributed by atoms with Gasteiger partial charge < -0.3 is 44.6 Å². The Bertz CT molecular complexity index is 1320. The summed E-state index contributed by atoms with van der Waals surface area (Å²) < 4.78 is 65.1. The number of ether oxygens (including phenoxy) is 3. The molecule has 36 heavy (non-hydrogen) atoms. The van der Waals surface area contributed by atoms with E-state index in [2.05, 4.69) is 23.6 Å². The van der Waals surface area contributed by atoms with Crippen molar-refractivity contribution in [2.75, 3.05) is 25.6 Å². The SMILES string of the molecule is CCOc1nc(N)nc2c1ncn2C1OC2(COP(=O)(O)OP(=O)(O)OP(=O)(O)O)COC1(C)C2O. The van der Waals surface area contributed by atoms with Gasteiger partial charge in [-0.1, -0.05) is 0 Å². The van der Waals surface area contributed by atoms with Crippen LogP contribution >= 0.6 is 23.5 Å². The third-order valence-corrected chi connectivity index (χ3v) is 9.12. The van der Waals surface area contributed by atoms with Crippen molar-refractivity contribution in [3.63, 3.8) is 0 Å². The van der Waals surface area contributed by atoms with E-state index in [0.717, 1.165) is 0 Å². The van der Waals surface area contributed by atoms with E-state index in [-0.39, 0.29) is 36.2 Å². The largest absolute Gasteiger partial charge is 0.490 e. The number of aliphatic hydroxyl groups is 1. The Balaban J connectivity index is 1.58. The molecule has 22 heteroatoms. The Morgan fingerprint density at radius 3 is 2.53 bits per heavy atom. The molecule has 2 bridgehead atoms. The van der Waals surface area contributed by atoms with Gasteiger partial charge in [-0.05, 0) is 13.8 Å². The second kappa shape index (κ2) is 9.03. The van der Waals surface area contributed by atoms with E-state index >= 15 is 0 Å². The first kappa shape index (κ1) is 27.5. The number of fused-ring (bicyclic) bond motifs is 3. The minimum Gasteiger partial charge on any atom is -0.476 e. The summed E-state index contributed by atoms with van der Waals surface area (Å²) in [5, 5.41) is 11.0. The van der Waals surface area contributed by atoms with Gasteiger partial charge in [-0.3, -0.25) is 9.09 Å². The number of nitrogens with two attached hydrogens (primary N) is 1. The maximum Gasteiger partial charge on any atom is 0.490 e. The Morgan fingerprint density at radius 2 is 1.89 bits per heavy atom. The van der Waals surface area contributed by atoms with Gasteiger partial charge in [-0.25, -0.2) is 18.7 Å². The first-order chi connectivity index (χ1) is 16.5. The highest BCUT2D eigenvalue weighted by Crippen LogP contribution is 2.67. The summed E-state index contributed by atoms with van der Waals surface area (Å²) in [7, 11) is -16.8. The van der Waals surface area contributed by atoms with Gasteiger partial charge >= 0.3 is 23.5 Å². The molecule has 4 rings (SSSR count). The van der Waals surface area contributed by atoms with E-state index in [4.69, 9.17) is 34.3 Å². The lowest BCUT2D eigenvalue weighted by atomic mass is 9.92. The minimum atomic E-state index is -5.73. The maximum absolute atomic E-state index is 12.2. The summed E-state index contributed by atoms with van der Waals surface area (Å²) >= 11 is 0. The van der Waals surface area contributed by atoms with Crippen LogP contribution in [0.3, 0.4) is 0 Å². The third-order valence-electron chi connectivity index (χ3n) is 5.33. The number of hydrogen-bond donors (Lipinski definition) is 6. The second-order valence-electron chi connectivity index (χ2n) is 7.92. The van der Waals surface area contributed by atoms with Crippen molar-refractivity contribution >= 4 is 40.6 Å². The molecule has 0 radical (unpaired) electrons. The number of aliphatic hydroxyl groups excluding tert-OH is 1. The first-order valence-corrected chi connectivity index (χ1v) is 14.4. The molecule has 6 atom stereocenters. The predicted molar refractivity (Wildman–Crippen MR) is 114 cm³/mol. The van der Waals surface area contributed by atoms with Crippen molar-refractivity contribution in [2.45, 2.75) is 37.4 Å². The Hall–Kier alpha value is -1.56. The van der Waals surface area contributed by atoms with E-state index in [1.807, 2.05) is 0 Å². The van der Waals surface area contributed by atoms with E-state index in [0.29, 0.717) is 0 Å². The molecule has 0 aromatic carbocycles. The highest BCUT2D eigenvalue weighted by Gasteiger charge is 2.69. The number of aromatic nitrogens is 4. The number of imidazole rings is 1. The van der Waals surface area contributed by atoms with Crippen LogP contribution in [-0.4, -0.2) is 81.3 Å².